The molecular formula is C19H27N3O2. The Labute approximate surface area is 144 Å². The Bertz CT molecular complexity index is 654. The van der Waals surface area contributed by atoms with E-state index in [9.17, 15) is 0 Å². The topological polar surface area (TPSA) is 48.3 Å². The smallest absolute Gasteiger partial charge is 0.124 e. The normalized spacial score (nSPS) is 16.8. The van der Waals surface area contributed by atoms with Crippen LogP contribution in [0.2, 0.25) is 0 Å². The van der Waals surface area contributed by atoms with Crippen LogP contribution in [-0.4, -0.2) is 29.8 Å². The minimum atomic E-state index is 0.509. The highest BCUT2D eigenvalue weighted by Crippen LogP contribution is 2.25. The number of methoxy groups -OCH3 is 1. The highest BCUT2D eigenvalue weighted by Gasteiger charge is 2.20. The largest absolute Gasteiger partial charge is 0.496 e. The Kier molecular flexibility index (Phi) is 5.88. The van der Waals surface area contributed by atoms with E-state index in [1.54, 1.807) is 7.11 Å². The molecule has 1 aromatic carbocycles. The molecule has 5 heteroatoms. The lowest BCUT2D eigenvalue weighted by atomic mass is 9.99. The molecule has 0 amide bonds. The Morgan fingerprint density at radius 1 is 1.38 bits per heavy atom. The summed E-state index contributed by atoms with van der Waals surface area (Å²) >= 11 is 0. The fraction of sp³-hybridized carbons (Fsp3) is 0.526. The maximum atomic E-state index is 5.54. The van der Waals surface area contributed by atoms with Gasteiger partial charge >= 0.3 is 0 Å². The number of nitrogens with one attached hydrogen (secondary N) is 1. The van der Waals surface area contributed by atoms with E-state index < -0.39 is 0 Å². The van der Waals surface area contributed by atoms with Crippen molar-refractivity contribution in [3.8, 4) is 5.75 Å². The summed E-state index contributed by atoms with van der Waals surface area (Å²) in [7, 11) is 1.70. The predicted molar refractivity (Wildman–Crippen MR) is 94.2 cm³/mol. The highest BCUT2D eigenvalue weighted by atomic mass is 16.5. The second kappa shape index (κ2) is 8.31. The van der Waals surface area contributed by atoms with E-state index in [2.05, 4.69) is 33.2 Å². The average molecular weight is 329 g/mol. The van der Waals surface area contributed by atoms with Crippen LogP contribution in [0.1, 0.15) is 42.6 Å². The van der Waals surface area contributed by atoms with E-state index in [-0.39, 0.29) is 0 Å². The molecule has 0 unspecified atom stereocenters. The number of fused-ring (bicyclic) bond motifs is 1. The van der Waals surface area contributed by atoms with Gasteiger partial charge in [-0.2, -0.15) is 0 Å². The Balaban J connectivity index is 1.57. The van der Waals surface area contributed by atoms with Gasteiger partial charge in [0.15, 0.2) is 0 Å². The molecule has 2 heterocycles. The van der Waals surface area contributed by atoms with Crippen LogP contribution in [-0.2, 0) is 24.4 Å². The first-order valence-electron chi connectivity index (χ1n) is 8.77. The van der Waals surface area contributed by atoms with Gasteiger partial charge in [0, 0.05) is 50.1 Å². The molecule has 0 bridgehead atoms. The summed E-state index contributed by atoms with van der Waals surface area (Å²) in [6.07, 6.45) is 6.45. The van der Waals surface area contributed by atoms with E-state index in [0.29, 0.717) is 19.1 Å². The van der Waals surface area contributed by atoms with Crippen molar-refractivity contribution in [3.63, 3.8) is 0 Å². The fourth-order valence-corrected chi connectivity index (χ4v) is 3.36. The van der Waals surface area contributed by atoms with Gasteiger partial charge in [0.1, 0.15) is 11.6 Å². The molecule has 0 saturated heterocycles. The summed E-state index contributed by atoms with van der Waals surface area (Å²) in [5, 5.41) is 3.59. The molecule has 0 radical (unpaired) electrons. The van der Waals surface area contributed by atoms with Gasteiger partial charge in [0.2, 0.25) is 0 Å². The SMILES string of the molecule is CCOCc1cc(CNC[C@H]2CCCn3ccnc32)ccc1OC. The number of nitrogens with zero attached hydrogens (tertiary/aromatic N) is 2. The summed E-state index contributed by atoms with van der Waals surface area (Å²) in [6.45, 7) is 6.22. The molecule has 1 aromatic heterocycles. The minimum Gasteiger partial charge on any atom is -0.496 e. The van der Waals surface area contributed by atoms with E-state index in [1.807, 2.05) is 19.2 Å². The first-order chi connectivity index (χ1) is 11.8. The molecule has 24 heavy (non-hydrogen) atoms. The molecule has 1 aliphatic rings. The summed E-state index contributed by atoms with van der Waals surface area (Å²) in [4.78, 5) is 4.52. The molecule has 2 aromatic rings. The third kappa shape index (κ3) is 3.97. The standard InChI is InChI=1S/C19H27N3O2/c1-3-24-14-17-11-15(6-7-18(17)23-2)12-20-13-16-5-4-9-22-10-8-21-19(16)22/h6-8,10-11,16,20H,3-5,9,12-14H2,1-2H3/t16-/m1/s1. The zero-order valence-corrected chi connectivity index (χ0v) is 14.6. The number of hydrogen-bond donors (Lipinski definition) is 1. The van der Waals surface area contributed by atoms with Crippen LogP contribution in [0.15, 0.2) is 30.6 Å². The fourth-order valence-electron chi connectivity index (χ4n) is 3.36. The van der Waals surface area contributed by atoms with Gasteiger partial charge in [-0.15, -0.1) is 0 Å². The third-order valence-corrected chi connectivity index (χ3v) is 4.59. The van der Waals surface area contributed by atoms with Crippen molar-refractivity contribution in [3.05, 3.63) is 47.5 Å². The quantitative estimate of drug-likeness (QED) is 0.808. The molecule has 0 aliphatic carbocycles. The Hall–Kier alpha value is -1.85. The van der Waals surface area contributed by atoms with Crippen molar-refractivity contribution in [2.75, 3.05) is 20.3 Å². The predicted octanol–water partition coefficient (Wildman–Crippen LogP) is 3.10. The maximum absolute atomic E-state index is 5.54. The molecule has 0 saturated carbocycles. The average Bonchev–Trinajstić information content (AvgIpc) is 3.09. The summed E-state index contributed by atoms with van der Waals surface area (Å²) in [6, 6.07) is 6.31. The van der Waals surface area contributed by atoms with Crippen LogP contribution in [0.25, 0.3) is 0 Å². The Morgan fingerprint density at radius 2 is 2.29 bits per heavy atom. The third-order valence-electron chi connectivity index (χ3n) is 4.59. The number of aryl methyl sites for hydroxylation is 1. The van der Waals surface area contributed by atoms with Crippen molar-refractivity contribution in [1.29, 1.82) is 0 Å². The summed E-state index contributed by atoms with van der Waals surface area (Å²) < 4.78 is 13.2. The van der Waals surface area contributed by atoms with Crippen LogP contribution in [0.5, 0.6) is 5.75 Å². The second-order valence-corrected chi connectivity index (χ2v) is 6.23. The lowest BCUT2D eigenvalue weighted by Gasteiger charge is -2.23. The number of rotatable bonds is 8. The second-order valence-electron chi connectivity index (χ2n) is 6.23. The van der Waals surface area contributed by atoms with Crippen molar-refractivity contribution >= 4 is 0 Å². The first kappa shape index (κ1) is 17.0. The molecule has 5 nitrogen and oxygen atoms in total. The lowest BCUT2D eigenvalue weighted by molar-refractivity contribution is 0.132. The van der Waals surface area contributed by atoms with Crippen LogP contribution < -0.4 is 10.1 Å². The van der Waals surface area contributed by atoms with Gasteiger partial charge in [-0.1, -0.05) is 6.07 Å². The molecule has 0 spiro atoms. The van der Waals surface area contributed by atoms with E-state index >= 15 is 0 Å². The monoisotopic (exact) mass is 329 g/mol. The van der Waals surface area contributed by atoms with Crippen molar-refractivity contribution in [2.24, 2.45) is 0 Å². The van der Waals surface area contributed by atoms with E-state index in [0.717, 1.165) is 30.9 Å². The first-order valence-corrected chi connectivity index (χ1v) is 8.77. The molecule has 1 atom stereocenters. The van der Waals surface area contributed by atoms with E-state index in [1.165, 1.54) is 24.2 Å². The zero-order valence-electron chi connectivity index (χ0n) is 14.6. The summed E-state index contributed by atoms with van der Waals surface area (Å²) in [5.41, 5.74) is 2.36. The molecule has 1 aliphatic heterocycles. The molecular weight excluding hydrogens is 302 g/mol. The van der Waals surface area contributed by atoms with Gasteiger partial charge in [0.05, 0.1) is 13.7 Å². The van der Waals surface area contributed by atoms with Gasteiger partial charge < -0.3 is 19.4 Å². The van der Waals surface area contributed by atoms with Gasteiger partial charge in [-0.3, -0.25) is 0 Å². The van der Waals surface area contributed by atoms with Gasteiger partial charge in [-0.25, -0.2) is 4.98 Å². The van der Waals surface area contributed by atoms with Gasteiger partial charge in [0.25, 0.3) is 0 Å². The van der Waals surface area contributed by atoms with Crippen LogP contribution in [0.4, 0.5) is 0 Å². The molecule has 130 valence electrons. The van der Waals surface area contributed by atoms with Crippen molar-refractivity contribution in [2.45, 2.75) is 45.4 Å². The van der Waals surface area contributed by atoms with Crippen LogP contribution >= 0.6 is 0 Å². The minimum absolute atomic E-state index is 0.509. The lowest BCUT2D eigenvalue weighted by Crippen LogP contribution is -2.26. The zero-order chi connectivity index (χ0) is 16.8. The van der Waals surface area contributed by atoms with Crippen molar-refractivity contribution in [1.82, 2.24) is 14.9 Å². The highest BCUT2D eigenvalue weighted by molar-refractivity contribution is 5.36. The Morgan fingerprint density at radius 3 is 3.12 bits per heavy atom. The maximum Gasteiger partial charge on any atom is 0.124 e. The number of hydrogen-bond acceptors (Lipinski definition) is 4. The molecule has 1 N–H and O–H groups in total. The number of ether oxygens (including phenoxy) is 2. The summed E-state index contributed by atoms with van der Waals surface area (Å²) in [5.74, 6) is 2.62. The number of benzene rings is 1. The number of imidazole rings is 1. The molecule has 0 fully saturated rings. The van der Waals surface area contributed by atoms with Crippen LogP contribution in [0, 0.1) is 0 Å². The van der Waals surface area contributed by atoms with E-state index in [4.69, 9.17) is 9.47 Å². The van der Waals surface area contributed by atoms with Crippen LogP contribution in [0.3, 0.4) is 0 Å². The van der Waals surface area contributed by atoms with Gasteiger partial charge in [-0.05, 0) is 37.5 Å². The molecule has 3 rings (SSSR count). The number of aromatic nitrogens is 2. The van der Waals surface area contributed by atoms with Crippen molar-refractivity contribution < 1.29 is 9.47 Å².